The molecule has 1 aliphatic heterocycles. The number of methoxy groups -OCH3 is 1. The van der Waals surface area contributed by atoms with Crippen LogP contribution in [0.1, 0.15) is 33.2 Å². The molecule has 0 bridgehead atoms. The first-order valence-corrected chi connectivity index (χ1v) is 17.0. The Bertz CT molecular complexity index is 2160. The lowest BCUT2D eigenvalue weighted by Crippen LogP contribution is -2.33. The minimum atomic E-state index is -0.738. The highest BCUT2D eigenvalue weighted by molar-refractivity contribution is 8.00. The summed E-state index contributed by atoms with van der Waals surface area (Å²) >= 11 is 1.26. The van der Waals surface area contributed by atoms with Gasteiger partial charge in [-0.3, -0.25) is 19.2 Å². The lowest BCUT2D eigenvalue weighted by molar-refractivity contribution is -0.119. The molecule has 52 heavy (non-hydrogen) atoms. The summed E-state index contributed by atoms with van der Waals surface area (Å²) in [5.41, 5.74) is 2.45. The number of hydrogen-bond donors (Lipinski definition) is 4. The van der Waals surface area contributed by atoms with Crippen LogP contribution in [0.2, 0.25) is 0 Å². The SMILES string of the molecule is COc1cc(O)ccc1/C=C(/NC(=O)c1ccccc1)C(=O)Nc1cccc(SC(C(=O)NC2=NN(c3ccccc3)C(=O)C2)c2ccccc2)c1. The van der Waals surface area contributed by atoms with Crippen LogP contribution in [0, 0.1) is 0 Å². The summed E-state index contributed by atoms with van der Waals surface area (Å²) < 4.78 is 5.38. The quantitative estimate of drug-likeness (QED) is 0.0902. The predicted octanol–water partition coefficient (Wildman–Crippen LogP) is 6.51. The van der Waals surface area contributed by atoms with Gasteiger partial charge in [0.15, 0.2) is 0 Å². The van der Waals surface area contributed by atoms with E-state index in [2.05, 4.69) is 21.1 Å². The number of carbonyl (C=O) groups excluding carboxylic acids is 4. The lowest BCUT2D eigenvalue weighted by atomic mass is 10.1. The summed E-state index contributed by atoms with van der Waals surface area (Å²) in [4.78, 5) is 54.1. The van der Waals surface area contributed by atoms with E-state index in [1.54, 1.807) is 78.9 Å². The molecule has 0 saturated heterocycles. The summed E-state index contributed by atoms with van der Waals surface area (Å²) in [6.07, 6.45) is 1.40. The van der Waals surface area contributed by atoms with Crippen LogP contribution in [0.15, 0.2) is 149 Å². The second-order valence-electron chi connectivity index (χ2n) is 11.4. The van der Waals surface area contributed by atoms with E-state index in [0.29, 0.717) is 33.1 Å². The summed E-state index contributed by atoms with van der Waals surface area (Å²) in [6, 6.07) is 38.0. The first-order chi connectivity index (χ1) is 25.3. The topological polar surface area (TPSA) is 149 Å². The number of hydrazone groups is 1. The maximum atomic E-state index is 13.8. The second kappa shape index (κ2) is 16.4. The van der Waals surface area contributed by atoms with Gasteiger partial charge in [-0.1, -0.05) is 72.8 Å². The van der Waals surface area contributed by atoms with Crippen molar-refractivity contribution in [2.75, 3.05) is 17.4 Å². The number of para-hydroxylation sites is 1. The highest BCUT2D eigenvalue weighted by Crippen LogP contribution is 2.37. The zero-order valence-electron chi connectivity index (χ0n) is 27.9. The summed E-state index contributed by atoms with van der Waals surface area (Å²) in [5.74, 6) is -1.24. The summed E-state index contributed by atoms with van der Waals surface area (Å²) in [5, 5.41) is 23.2. The number of nitrogens with one attached hydrogen (secondary N) is 3. The average Bonchev–Trinajstić information content (AvgIpc) is 3.54. The van der Waals surface area contributed by atoms with Crippen molar-refractivity contribution in [3.8, 4) is 11.5 Å². The zero-order valence-corrected chi connectivity index (χ0v) is 28.7. The van der Waals surface area contributed by atoms with Gasteiger partial charge in [0.1, 0.15) is 28.3 Å². The second-order valence-corrected chi connectivity index (χ2v) is 12.6. The van der Waals surface area contributed by atoms with Gasteiger partial charge < -0.3 is 25.8 Å². The van der Waals surface area contributed by atoms with E-state index in [9.17, 15) is 24.3 Å². The van der Waals surface area contributed by atoms with E-state index in [1.165, 1.54) is 42.1 Å². The number of phenols is 1. The van der Waals surface area contributed by atoms with Gasteiger partial charge in [0, 0.05) is 27.8 Å². The van der Waals surface area contributed by atoms with Crippen LogP contribution in [-0.4, -0.2) is 41.7 Å². The number of thioether (sulfide) groups is 1. The Labute approximate surface area is 304 Å². The number of nitrogens with zero attached hydrogens (tertiary/aromatic N) is 2. The largest absolute Gasteiger partial charge is 0.508 e. The van der Waals surface area contributed by atoms with Gasteiger partial charge in [-0.15, -0.1) is 11.8 Å². The molecule has 1 aliphatic rings. The molecular weight excluding hydrogens is 679 g/mol. The number of hydrogen-bond acceptors (Lipinski definition) is 8. The lowest BCUT2D eigenvalue weighted by Gasteiger charge is -2.17. The molecule has 0 spiro atoms. The molecule has 5 aromatic carbocycles. The molecule has 1 heterocycles. The van der Waals surface area contributed by atoms with E-state index in [4.69, 9.17) is 4.74 Å². The molecule has 6 rings (SSSR count). The Hall–Kier alpha value is -6.66. The number of amidine groups is 1. The molecule has 0 saturated carbocycles. The van der Waals surface area contributed by atoms with E-state index in [0.717, 1.165) is 5.56 Å². The van der Waals surface area contributed by atoms with E-state index in [-0.39, 0.29) is 35.5 Å². The first kappa shape index (κ1) is 35.2. The Morgan fingerprint density at radius 2 is 1.54 bits per heavy atom. The van der Waals surface area contributed by atoms with Crippen LogP contribution in [0.5, 0.6) is 11.5 Å². The van der Waals surface area contributed by atoms with Gasteiger partial charge in [0.2, 0.25) is 5.91 Å². The Balaban J connectivity index is 1.23. The smallest absolute Gasteiger partial charge is 0.272 e. The van der Waals surface area contributed by atoms with E-state index < -0.39 is 17.1 Å². The number of amides is 4. The average molecular weight is 712 g/mol. The van der Waals surface area contributed by atoms with E-state index >= 15 is 0 Å². The van der Waals surface area contributed by atoms with Crippen LogP contribution in [-0.2, 0) is 14.4 Å². The van der Waals surface area contributed by atoms with Crippen LogP contribution in [0.25, 0.3) is 6.08 Å². The molecule has 5 aromatic rings. The number of benzene rings is 5. The molecule has 260 valence electrons. The minimum Gasteiger partial charge on any atom is -0.508 e. The molecule has 1 atom stereocenters. The Morgan fingerprint density at radius 3 is 2.25 bits per heavy atom. The highest BCUT2D eigenvalue weighted by atomic mass is 32.2. The van der Waals surface area contributed by atoms with Crippen molar-refractivity contribution in [3.63, 3.8) is 0 Å². The van der Waals surface area contributed by atoms with Gasteiger partial charge >= 0.3 is 0 Å². The molecule has 11 nitrogen and oxygen atoms in total. The van der Waals surface area contributed by atoms with Crippen molar-refractivity contribution in [3.05, 3.63) is 156 Å². The third-order valence-electron chi connectivity index (χ3n) is 7.78. The van der Waals surface area contributed by atoms with Crippen molar-refractivity contribution >= 4 is 58.7 Å². The van der Waals surface area contributed by atoms with Crippen molar-refractivity contribution in [1.29, 1.82) is 0 Å². The third-order valence-corrected chi connectivity index (χ3v) is 9.02. The van der Waals surface area contributed by atoms with Crippen LogP contribution >= 0.6 is 11.8 Å². The number of rotatable bonds is 11. The Morgan fingerprint density at radius 1 is 0.846 bits per heavy atom. The summed E-state index contributed by atoms with van der Waals surface area (Å²) in [6.45, 7) is 0. The van der Waals surface area contributed by atoms with Gasteiger partial charge in [0.25, 0.3) is 17.7 Å². The van der Waals surface area contributed by atoms with Gasteiger partial charge in [0.05, 0.1) is 19.2 Å². The van der Waals surface area contributed by atoms with Crippen molar-refractivity contribution < 1.29 is 29.0 Å². The molecule has 4 amide bonds. The Kier molecular flexibility index (Phi) is 11.1. The molecule has 0 fully saturated rings. The highest BCUT2D eigenvalue weighted by Gasteiger charge is 2.30. The zero-order chi connectivity index (χ0) is 36.5. The summed E-state index contributed by atoms with van der Waals surface area (Å²) in [7, 11) is 1.43. The predicted molar refractivity (Wildman–Crippen MR) is 201 cm³/mol. The number of aromatic hydroxyl groups is 1. The van der Waals surface area contributed by atoms with Crippen LogP contribution in [0.3, 0.4) is 0 Å². The third kappa shape index (κ3) is 8.73. The number of carbonyl (C=O) groups is 4. The molecule has 1 unspecified atom stereocenters. The molecule has 0 radical (unpaired) electrons. The monoisotopic (exact) mass is 711 g/mol. The number of anilines is 2. The van der Waals surface area contributed by atoms with Crippen molar-refractivity contribution in [2.24, 2.45) is 5.10 Å². The minimum absolute atomic E-state index is 0.0241. The standard InChI is InChI=1S/C40H33N5O6S/c1-51-34-24-31(46)21-20-28(34)22-33(42-38(48)27-14-7-3-8-15-27)39(49)41-29-16-11-19-32(23-29)52-37(26-12-5-2-6-13-26)40(50)43-35-25-36(47)45(44-35)30-17-9-4-10-18-30/h2-24,37,46H,25H2,1H3,(H,41,49)(H,42,48)(H,43,44,50)/b33-22+. The van der Waals surface area contributed by atoms with E-state index in [1.807, 2.05) is 42.5 Å². The molecule has 0 aliphatic carbocycles. The van der Waals surface area contributed by atoms with Gasteiger partial charge in [-0.05, 0) is 66.2 Å². The fraction of sp³-hybridized carbons (Fsp3) is 0.0750. The van der Waals surface area contributed by atoms with Gasteiger partial charge in [-0.2, -0.15) is 10.1 Å². The van der Waals surface area contributed by atoms with Gasteiger partial charge in [-0.25, -0.2) is 0 Å². The fourth-order valence-electron chi connectivity index (χ4n) is 5.28. The molecule has 12 heteroatoms. The number of phenolic OH excluding ortho intramolecular Hbond substituents is 1. The first-order valence-electron chi connectivity index (χ1n) is 16.1. The van der Waals surface area contributed by atoms with Crippen molar-refractivity contribution in [2.45, 2.75) is 16.6 Å². The van der Waals surface area contributed by atoms with Crippen LogP contribution in [0.4, 0.5) is 11.4 Å². The normalized spacial score (nSPS) is 13.2. The maximum Gasteiger partial charge on any atom is 0.272 e. The van der Waals surface area contributed by atoms with Crippen LogP contribution < -0.4 is 25.7 Å². The van der Waals surface area contributed by atoms with Crippen molar-refractivity contribution in [1.82, 2.24) is 10.6 Å². The molecule has 0 aromatic heterocycles. The maximum absolute atomic E-state index is 13.8. The fourth-order valence-corrected chi connectivity index (χ4v) is 6.36. The number of ether oxygens (including phenoxy) is 1. The molecule has 4 N–H and O–H groups in total. The molecular formula is C40H33N5O6S.